The van der Waals surface area contributed by atoms with Crippen LogP contribution in [0.5, 0.6) is 0 Å². The fraction of sp³-hybridized carbons (Fsp3) is 0.556. The highest BCUT2D eigenvalue weighted by Crippen LogP contribution is 2.22. The van der Waals surface area contributed by atoms with Gasteiger partial charge >= 0.3 is 6.09 Å². The molecular weight excluding hydrogens is 306 g/mol. The second-order valence-corrected chi connectivity index (χ2v) is 6.56. The third kappa shape index (κ3) is 4.96. The van der Waals surface area contributed by atoms with Crippen LogP contribution in [0, 0.1) is 5.92 Å². The molecule has 1 aliphatic heterocycles. The van der Waals surface area contributed by atoms with E-state index in [1.54, 1.807) is 4.90 Å². The van der Waals surface area contributed by atoms with E-state index in [-0.39, 0.29) is 12.0 Å². The minimum absolute atomic E-state index is 0.277. The first-order chi connectivity index (χ1) is 11.5. The minimum Gasteiger partial charge on any atom is -0.449 e. The molecule has 0 aliphatic carbocycles. The first kappa shape index (κ1) is 18.3. The van der Waals surface area contributed by atoms with Gasteiger partial charge in [-0.3, -0.25) is 9.69 Å². The van der Waals surface area contributed by atoms with E-state index in [0.29, 0.717) is 32.2 Å². The Morgan fingerprint density at radius 3 is 2.46 bits per heavy atom. The lowest BCUT2D eigenvalue weighted by Crippen LogP contribution is -2.41. The Bertz CT molecular complexity index is 548. The second kappa shape index (κ2) is 8.68. The molecule has 1 aromatic carbocycles. The number of benzene rings is 1. The Labute approximate surface area is 143 Å². The van der Waals surface area contributed by atoms with E-state index in [0.717, 1.165) is 18.5 Å². The van der Waals surface area contributed by atoms with Crippen LogP contribution in [0.3, 0.4) is 0 Å². The summed E-state index contributed by atoms with van der Waals surface area (Å²) in [6, 6.07) is 9.08. The van der Waals surface area contributed by atoms with Crippen LogP contribution in [0.4, 0.5) is 4.79 Å². The maximum Gasteiger partial charge on any atom is 0.409 e. The molecule has 0 radical (unpaired) electrons. The molecule has 2 rings (SSSR count). The minimum atomic E-state index is -0.460. The highest BCUT2D eigenvalue weighted by molar-refractivity contribution is 5.81. The van der Waals surface area contributed by atoms with Crippen molar-refractivity contribution in [1.29, 1.82) is 0 Å². The SMILES string of the molecule is CC(C)COC(=O)N1CCCN([C@@H](C(N)=O)c2ccccc2)CC1. The average molecular weight is 333 g/mol. The number of hydrogen-bond acceptors (Lipinski definition) is 4. The van der Waals surface area contributed by atoms with Crippen molar-refractivity contribution >= 4 is 12.0 Å². The number of nitrogens with zero attached hydrogens (tertiary/aromatic N) is 2. The molecule has 1 heterocycles. The van der Waals surface area contributed by atoms with Crippen molar-refractivity contribution in [3.63, 3.8) is 0 Å². The van der Waals surface area contributed by atoms with E-state index < -0.39 is 6.04 Å². The molecule has 1 aliphatic rings. The summed E-state index contributed by atoms with van der Waals surface area (Å²) < 4.78 is 5.30. The van der Waals surface area contributed by atoms with Crippen molar-refractivity contribution in [1.82, 2.24) is 9.80 Å². The van der Waals surface area contributed by atoms with Crippen molar-refractivity contribution in [3.05, 3.63) is 35.9 Å². The number of primary amides is 1. The van der Waals surface area contributed by atoms with Gasteiger partial charge in [-0.2, -0.15) is 0 Å². The summed E-state index contributed by atoms with van der Waals surface area (Å²) in [5, 5.41) is 0. The van der Waals surface area contributed by atoms with Gasteiger partial charge in [-0.1, -0.05) is 44.2 Å². The summed E-state index contributed by atoms with van der Waals surface area (Å²) in [7, 11) is 0. The zero-order valence-corrected chi connectivity index (χ0v) is 14.5. The van der Waals surface area contributed by atoms with Gasteiger partial charge in [-0.25, -0.2) is 4.79 Å². The predicted molar refractivity (Wildman–Crippen MR) is 92.3 cm³/mol. The third-order valence-electron chi connectivity index (χ3n) is 4.08. The summed E-state index contributed by atoms with van der Waals surface area (Å²) in [6.45, 7) is 6.92. The highest BCUT2D eigenvalue weighted by atomic mass is 16.6. The van der Waals surface area contributed by atoms with E-state index in [9.17, 15) is 9.59 Å². The van der Waals surface area contributed by atoms with Gasteiger partial charge in [-0.15, -0.1) is 0 Å². The third-order valence-corrected chi connectivity index (χ3v) is 4.08. The van der Waals surface area contributed by atoms with Crippen LogP contribution in [0.1, 0.15) is 31.9 Å². The molecule has 2 amide bonds. The normalized spacial score (nSPS) is 17.4. The molecule has 0 saturated carbocycles. The van der Waals surface area contributed by atoms with Gasteiger partial charge in [0, 0.05) is 26.2 Å². The molecule has 1 aromatic rings. The summed E-state index contributed by atoms with van der Waals surface area (Å²) >= 11 is 0. The standard InChI is InChI=1S/C18H27N3O3/c1-14(2)13-24-18(23)21-10-6-9-20(11-12-21)16(17(19)22)15-7-4-3-5-8-15/h3-5,7-8,14,16H,6,9-13H2,1-2H3,(H2,19,22)/t16-/m1/s1. The van der Waals surface area contributed by atoms with Crippen LogP contribution in [0.2, 0.25) is 0 Å². The fourth-order valence-electron chi connectivity index (χ4n) is 2.90. The maximum atomic E-state index is 12.1. The highest BCUT2D eigenvalue weighted by Gasteiger charge is 2.29. The first-order valence-electron chi connectivity index (χ1n) is 8.49. The van der Waals surface area contributed by atoms with Crippen LogP contribution in [-0.2, 0) is 9.53 Å². The maximum absolute atomic E-state index is 12.1. The number of rotatable bonds is 5. The van der Waals surface area contributed by atoms with Gasteiger partial charge in [0.1, 0.15) is 6.04 Å². The van der Waals surface area contributed by atoms with E-state index >= 15 is 0 Å². The van der Waals surface area contributed by atoms with Crippen molar-refractivity contribution in [2.75, 3.05) is 32.8 Å². The van der Waals surface area contributed by atoms with E-state index in [1.807, 2.05) is 49.1 Å². The van der Waals surface area contributed by atoms with Gasteiger partial charge in [-0.05, 0) is 17.9 Å². The molecule has 0 bridgehead atoms. The largest absolute Gasteiger partial charge is 0.449 e. The van der Waals surface area contributed by atoms with Gasteiger partial charge in [0.05, 0.1) is 6.61 Å². The lowest BCUT2D eigenvalue weighted by Gasteiger charge is -2.28. The Morgan fingerprint density at radius 2 is 1.83 bits per heavy atom. The van der Waals surface area contributed by atoms with E-state index in [4.69, 9.17) is 10.5 Å². The second-order valence-electron chi connectivity index (χ2n) is 6.56. The van der Waals surface area contributed by atoms with Crippen LogP contribution in [0.15, 0.2) is 30.3 Å². The lowest BCUT2D eigenvalue weighted by atomic mass is 10.0. The fourth-order valence-corrected chi connectivity index (χ4v) is 2.90. The summed E-state index contributed by atoms with van der Waals surface area (Å²) in [5.41, 5.74) is 6.53. The van der Waals surface area contributed by atoms with Gasteiger partial charge in [0.25, 0.3) is 0 Å². The predicted octanol–water partition coefficient (Wildman–Crippen LogP) is 2.01. The van der Waals surface area contributed by atoms with Crippen LogP contribution in [-0.4, -0.2) is 54.6 Å². The number of carbonyl (C=O) groups excluding carboxylic acids is 2. The molecule has 132 valence electrons. The number of carbonyl (C=O) groups is 2. The smallest absolute Gasteiger partial charge is 0.409 e. The Morgan fingerprint density at radius 1 is 1.12 bits per heavy atom. The zero-order chi connectivity index (χ0) is 17.5. The Hall–Kier alpha value is -2.08. The summed E-state index contributed by atoms with van der Waals surface area (Å²) in [4.78, 5) is 27.9. The van der Waals surface area contributed by atoms with Crippen LogP contribution in [0.25, 0.3) is 0 Å². The summed E-state index contributed by atoms with van der Waals surface area (Å²) in [6.07, 6.45) is 0.508. The molecule has 0 unspecified atom stereocenters. The number of ether oxygens (including phenoxy) is 1. The van der Waals surface area contributed by atoms with E-state index in [1.165, 1.54) is 0 Å². The first-order valence-corrected chi connectivity index (χ1v) is 8.49. The molecule has 1 saturated heterocycles. The van der Waals surface area contributed by atoms with Crippen molar-refractivity contribution < 1.29 is 14.3 Å². The van der Waals surface area contributed by atoms with Crippen LogP contribution < -0.4 is 5.73 Å². The molecule has 1 fully saturated rings. The van der Waals surface area contributed by atoms with Crippen molar-refractivity contribution in [2.45, 2.75) is 26.3 Å². The number of hydrogen-bond donors (Lipinski definition) is 1. The molecule has 1 atom stereocenters. The van der Waals surface area contributed by atoms with Gasteiger partial charge in [0.15, 0.2) is 0 Å². The Kier molecular flexibility index (Phi) is 6.61. The van der Waals surface area contributed by atoms with Crippen molar-refractivity contribution in [2.24, 2.45) is 11.7 Å². The van der Waals surface area contributed by atoms with Crippen molar-refractivity contribution in [3.8, 4) is 0 Å². The molecular formula is C18H27N3O3. The topological polar surface area (TPSA) is 75.9 Å². The molecule has 0 spiro atoms. The lowest BCUT2D eigenvalue weighted by molar-refractivity contribution is -0.123. The van der Waals surface area contributed by atoms with Crippen LogP contribution >= 0.6 is 0 Å². The average Bonchev–Trinajstić information content (AvgIpc) is 2.79. The van der Waals surface area contributed by atoms with Gasteiger partial charge in [0.2, 0.25) is 5.91 Å². The number of nitrogens with two attached hydrogens (primary N) is 1. The van der Waals surface area contributed by atoms with E-state index in [2.05, 4.69) is 0 Å². The quantitative estimate of drug-likeness (QED) is 0.894. The Balaban J connectivity index is 2.01. The zero-order valence-electron chi connectivity index (χ0n) is 14.5. The number of amides is 2. The summed E-state index contributed by atoms with van der Waals surface area (Å²) in [5.74, 6) is -0.0493. The molecule has 6 nitrogen and oxygen atoms in total. The molecule has 24 heavy (non-hydrogen) atoms. The molecule has 0 aromatic heterocycles. The monoisotopic (exact) mass is 333 g/mol. The molecule has 6 heteroatoms. The molecule has 2 N–H and O–H groups in total. The van der Waals surface area contributed by atoms with Gasteiger partial charge < -0.3 is 15.4 Å².